The lowest BCUT2D eigenvalue weighted by Crippen LogP contribution is -2.04. The van der Waals surface area contributed by atoms with Gasteiger partial charge in [-0.05, 0) is 48.5 Å². The fraction of sp³-hybridized carbons (Fsp3) is 0.111. The lowest BCUT2D eigenvalue weighted by molar-refractivity contribution is 0.104. The average Bonchev–Trinajstić information content (AvgIpc) is 3.02. The van der Waals surface area contributed by atoms with Gasteiger partial charge >= 0.3 is 0 Å². The number of nitrogens with zero attached hydrogens (tertiary/aromatic N) is 1. The Morgan fingerprint density at radius 1 is 1.19 bits per heavy atom. The lowest BCUT2D eigenvalue weighted by atomic mass is 10.1. The molecule has 8 heteroatoms. The summed E-state index contributed by atoms with van der Waals surface area (Å²) in [6, 6.07) is 12.3. The number of hydrogen-bond acceptors (Lipinski definition) is 7. The number of ketones is 1. The zero-order valence-electron chi connectivity index (χ0n) is 13.6. The second-order valence-electron chi connectivity index (χ2n) is 5.29. The summed E-state index contributed by atoms with van der Waals surface area (Å²) in [7, 11) is 0. The number of thiazole rings is 1. The predicted octanol–water partition coefficient (Wildman–Crippen LogP) is 3.21. The number of rotatable bonds is 7. The third-order valence-corrected chi connectivity index (χ3v) is 4.42. The van der Waals surface area contributed by atoms with Gasteiger partial charge in [0.25, 0.3) is 0 Å². The van der Waals surface area contributed by atoms with Crippen molar-refractivity contribution in [3.05, 3.63) is 64.8 Å². The molecule has 0 aliphatic heterocycles. The largest absolute Gasteiger partial charge is 0.491 e. The Labute approximate surface area is 153 Å². The van der Waals surface area contributed by atoms with E-state index in [2.05, 4.69) is 10.3 Å². The number of hydrogen-bond donors (Lipinski definition) is 3. The molecular formula is C18H16FN3O3S. The zero-order chi connectivity index (χ0) is 18.5. The van der Waals surface area contributed by atoms with Crippen molar-refractivity contribution in [3.8, 4) is 5.75 Å². The maximum atomic E-state index is 13.0. The fourth-order valence-corrected chi connectivity index (χ4v) is 3.07. The van der Waals surface area contributed by atoms with Gasteiger partial charge in [-0.25, -0.2) is 9.37 Å². The van der Waals surface area contributed by atoms with E-state index in [0.717, 1.165) is 11.3 Å². The highest BCUT2D eigenvalue weighted by Gasteiger charge is 2.18. The topological polar surface area (TPSA) is 97.5 Å². The molecule has 2 aromatic carbocycles. The van der Waals surface area contributed by atoms with Crippen molar-refractivity contribution >= 4 is 33.8 Å². The molecule has 6 nitrogen and oxygen atoms in total. The third kappa shape index (κ3) is 4.16. The van der Waals surface area contributed by atoms with Crippen molar-refractivity contribution < 1.29 is 19.0 Å². The van der Waals surface area contributed by atoms with Crippen molar-refractivity contribution in [3.63, 3.8) is 0 Å². The molecule has 0 unspecified atom stereocenters. The molecule has 0 saturated carbocycles. The first-order valence-electron chi connectivity index (χ1n) is 7.74. The van der Waals surface area contributed by atoms with Gasteiger partial charge in [0.1, 0.15) is 28.9 Å². The maximum Gasteiger partial charge on any atom is 0.206 e. The second-order valence-corrected chi connectivity index (χ2v) is 6.29. The van der Waals surface area contributed by atoms with Gasteiger partial charge in [-0.3, -0.25) is 4.79 Å². The highest BCUT2D eigenvalue weighted by Crippen LogP contribution is 2.30. The van der Waals surface area contributed by atoms with Crippen LogP contribution in [0.5, 0.6) is 5.75 Å². The van der Waals surface area contributed by atoms with Gasteiger partial charge in [0.05, 0.1) is 6.61 Å². The molecule has 0 amide bonds. The quantitative estimate of drug-likeness (QED) is 0.550. The van der Waals surface area contributed by atoms with E-state index in [1.54, 1.807) is 36.4 Å². The first-order chi connectivity index (χ1) is 12.6. The van der Waals surface area contributed by atoms with Crippen LogP contribution in [-0.4, -0.2) is 29.1 Å². The molecule has 3 aromatic rings. The van der Waals surface area contributed by atoms with Gasteiger partial charge in [0.15, 0.2) is 5.13 Å². The minimum absolute atomic E-state index is 0.0814. The first-order valence-corrected chi connectivity index (χ1v) is 8.56. The van der Waals surface area contributed by atoms with Crippen LogP contribution in [0.3, 0.4) is 0 Å². The summed E-state index contributed by atoms with van der Waals surface area (Å²) in [6.45, 7) is 0.107. The van der Waals surface area contributed by atoms with E-state index in [1.165, 1.54) is 12.1 Å². The molecule has 0 spiro atoms. The molecule has 0 saturated heterocycles. The molecule has 0 bridgehead atoms. The number of nitrogen functional groups attached to an aromatic ring is 1. The number of ether oxygens (including phenoxy) is 1. The number of aliphatic hydroxyl groups is 1. The van der Waals surface area contributed by atoms with Gasteiger partial charge in [0, 0.05) is 11.3 Å². The van der Waals surface area contributed by atoms with Gasteiger partial charge in [-0.15, -0.1) is 0 Å². The fourth-order valence-electron chi connectivity index (χ4n) is 2.20. The Bertz CT molecular complexity index is 895. The Morgan fingerprint density at radius 2 is 1.88 bits per heavy atom. The predicted molar refractivity (Wildman–Crippen MR) is 98.7 cm³/mol. The summed E-state index contributed by atoms with van der Waals surface area (Å²) in [5.41, 5.74) is 6.97. The van der Waals surface area contributed by atoms with E-state index in [1.807, 2.05) is 0 Å². The number of anilines is 3. The summed E-state index contributed by atoms with van der Waals surface area (Å²) in [5, 5.41) is 12.2. The monoisotopic (exact) mass is 373 g/mol. The van der Waals surface area contributed by atoms with E-state index < -0.39 is 0 Å². The van der Waals surface area contributed by atoms with Crippen molar-refractivity contribution in [1.82, 2.24) is 4.98 Å². The van der Waals surface area contributed by atoms with Crippen molar-refractivity contribution in [2.45, 2.75) is 0 Å². The highest BCUT2D eigenvalue weighted by atomic mass is 32.1. The van der Waals surface area contributed by atoms with Gasteiger partial charge < -0.3 is 20.9 Å². The number of halogens is 1. The molecule has 134 valence electrons. The first kappa shape index (κ1) is 17.8. The van der Waals surface area contributed by atoms with Crippen LogP contribution in [-0.2, 0) is 0 Å². The normalized spacial score (nSPS) is 10.5. The molecule has 0 aliphatic rings. The minimum atomic E-state index is -0.337. The van der Waals surface area contributed by atoms with Crippen LogP contribution in [0.2, 0.25) is 0 Å². The molecule has 0 aliphatic carbocycles. The molecule has 0 atom stereocenters. The van der Waals surface area contributed by atoms with Crippen LogP contribution < -0.4 is 15.8 Å². The van der Waals surface area contributed by atoms with Crippen molar-refractivity contribution in [2.24, 2.45) is 0 Å². The van der Waals surface area contributed by atoms with Crippen molar-refractivity contribution in [1.29, 1.82) is 0 Å². The standard InChI is InChI=1S/C18H16FN3O3S/c19-12-3-5-13(6-4-12)21-18-22-17(20)16(26-18)15(24)11-1-7-14(8-2-11)25-10-9-23/h1-8,23H,9-10,20H2,(H,21,22). The van der Waals surface area contributed by atoms with Crippen molar-refractivity contribution in [2.75, 3.05) is 24.3 Å². The molecule has 3 rings (SSSR count). The molecular weight excluding hydrogens is 357 g/mol. The number of nitrogens with two attached hydrogens (primary N) is 1. The van der Waals surface area contributed by atoms with E-state index in [0.29, 0.717) is 27.0 Å². The molecule has 1 aromatic heterocycles. The second kappa shape index (κ2) is 7.94. The number of carbonyl (C=O) groups is 1. The van der Waals surface area contributed by atoms with E-state index in [4.69, 9.17) is 15.6 Å². The van der Waals surface area contributed by atoms with Crippen LogP contribution in [0.25, 0.3) is 0 Å². The molecule has 1 heterocycles. The summed E-state index contributed by atoms with van der Waals surface area (Å²) in [5.74, 6) is 0.106. The average molecular weight is 373 g/mol. The van der Waals surface area contributed by atoms with Crippen LogP contribution in [0.15, 0.2) is 48.5 Å². The third-order valence-electron chi connectivity index (χ3n) is 3.43. The highest BCUT2D eigenvalue weighted by molar-refractivity contribution is 7.18. The van der Waals surface area contributed by atoms with Crippen LogP contribution in [0.1, 0.15) is 15.2 Å². The Hall–Kier alpha value is -2.97. The molecule has 0 radical (unpaired) electrons. The Balaban J connectivity index is 1.75. The number of carbonyl (C=O) groups excluding carboxylic acids is 1. The summed E-state index contributed by atoms with van der Waals surface area (Å²) in [4.78, 5) is 17.1. The number of benzene rings is 2. The zero-order valence-corrected chi connectivity index (χ0v) is 14.4. The van der Waals surface area contributed by atoms with Gasteiger partial charge in [-0.2, -0.15) is 0 Å². The smallest absolute Gasteiger partial charge is 0.206 e. The number of nitrogens with one attached hydrogen (secondary N) is 1. The minimum Gasteiger partial charge on any atom is -0.491 e. The number of aromatic nitrogens is 1. The van der Waals surface area contributed by atoms with Crippen LogP contribution >= 0.6 is 11.3 Å². The van der Waals surface area contributed by atoms with Gasteiger partial charge in [0.2, 0.25) is 5.78 Å². The van der Waals surface area contributed by atoms with Gasteiger partial charge in [-0.1, -0.05) is 11.3 Å². The van der Waals surface area contributed by atoms with E-state index >= 15 is 0 Å². The summed E-state index contributed by atoms with van der Waals surface area (Å²) >= 11 is 1.12. The lowest BCUT2D eigenvalue weighted by Gasteiger charge is -2.04. The Morgan fingerprint density at radius 3 is 2.54 bits per heavy atom. The summed E-state index contributed by atoms with van der Waals surface area (Å²) in [6.07, 6.45) is 0. The molecule has 0 fully saturated rings. The van der Waals surface area contributed by atoms with Crippen LogP contribution in [0, 0.1) is 5.82 Å². The van der Waals surface area contributed by atoms with Crippen LogP contribution in [0.4, 0.5) is 21.0 Å². The SMILES string of the molecule is Nc1nc(Nc2ccc(F)cc2)sc1C(=O)c1ccc(OCCO)cc1. The molecule has 26 heavy (non-hydrogen) atoms. The molecule has 4 N–H and O–H groups in total. The maximum absolute atomic E-state index is 13.0. The van der Waals surface area contributed by atoms with E-state index in [-0.39, 0.29) is 30.6 Å². The Kier molecular flexibility index (Phi) is 5.45. The number of aliphatic hydroxyl groups excluding tert-OH is 1. The summed E-state index contributed by atoms with van der Waals surface area (Å²) < 4.78 is 18.2. The van der Waals surface area contributed by atoms with E-state index in [9.17, 15) is 9.18 Å².